The van der Waals surface area contributed by atoms with Crippen molar-refractivity contribution >= 4 is 21.7 Å². The van der Waals surface area contributed by atoms with Crippen molar-refractivity contribution in [1.82, 2.24) is 9.62 Å². The van der Waals surface area contributed by atoms with Gasteiger partial charge >= 0.3 is 6.03 Å². The van der Waals surface area contributed by atoms with Gasteiger partial charge in [-0.05, 0) is 50.5 Å². The fourth-order valence-electron chi connectivity index (χ4n) is 3.47. The number of amides is 2. The molecule has 0 aromatic heterocycles. The smallest absolute Gasteiger partial charge is 0.319 e. The van der Waals surface area contributed by atoms with E-state index in [1.54, 1.807) is 16.4 Å². The van der Waals surface area contributed by atoms with Crippen LogP contribution in [0.2, 0.25) is 0 Å². The molecule has 1 saturated heterocycles. The summed E-state index contributed by atoms with van der Waals surface area (Å²) in [6, 6.07) is 15.8. The van der Waals surface area contributed by atoms with E-state index >= 15 is 0 Å². The number of para-hydroxylation sites is 1. The van der Waals surface area contributed by atoms with Crippen LogP contribution in [0, 0.1) is 6.92 Å². The van der Waals surface area contributed by atoms with Crippen LogP contribution in [0.3, 0.4) is 0 Å². The van der Waals surface area contributed by atoms with Crippen LogP contribution >= 0.6 is 0 Å². The number of rotatable bonds is 6. The van der Waals surface area contributed by atoms with Crippen molar-refractivity contribution in [3.63, 3.8) is 0 Å². The number of carbonyl (C=O) groups is 1. The van der Waals surface area contributed by atoms with Gasteiger partial charge in [-0.15, -0.1) is 0 Å². The zero-order chi connectivity index (χ0) is 20.0. The number of nitrogens with one attached hydrogen (secondary N) is 2. The zero-order valence-corrected chi connectivity index (χ0v) is 16.9. The van der Waals surface area contributed by atoms with E-state index in [-0.39, 0.29) is 12.1 Å². The van der Waals surface area contributed by atoms with Crippen LogP contribution in [0.4, 0.5) is 10.5 Å². The second kappa shape index (κ2) is 9.21. The molecule has 1 fully saturated rings. The van der Waals surface area contributed by atoms with Gasteiger partial charge in [0, 0.05) is 24.8 Å². The molecule has 6 nitrogen and oxygen atoms in total. The Kier molecular flexibility index (Phi) is 6.70. The van der Waals surface area contributed by atoms with Crippen LogP contribution in [0.15, 0.2) is 59.5 Å². The molecule has 0 aliphatic carbocycles. The van der Waals surface area contributed by atoms with Gasteiger partial charge in [0.1, 0.15) is 0 Å². The van der Waals surface area contributed by atoms with Gasteiger partial charge in [0.2, 0.25) is 10.0 Å². The molecule has 1 unspecified atom stereocenters. The standard InChI is InChI=1S/C21H27N3O3S/c1-17-10-12-20(13-11-17)28(26,27)24-16-6-5-9-19(24)14-15-22-21(25)23-18-7-3-2-4-8-18/h2-4,7-8,10-13,19H,5-6,9,14-16H2,1H3,(H2,22,23,25). The number of benzene rings is 2. The minimum atomic E-state index is -3.52. The maximum atomic E-state index is 13.1. The van der Waals surface area contributed by atoms with Crippen molar-refractivity contribution in [1.29, 1.82) is 0 Å². The first-order chi connectivity index (χ1) is 13.5. The first-order valence-electron chi connectivity index (χ1n) is 9.65. The average molecular weight is 402 g/mol. The van der Waals surface area contributed by atoms with Crippen LogP contribution in [-0.4, -0.2) is 37.9 Å². The molecule has 1 heterocycles. The molecule has 7 heteroatoms. The van der Waals surface area contributed by atoms with Crippen molar-refractivity contribution in [2.24, 2.45) is 0 Å². The molecule has 1 atom stereocenters. The Morgan fingerprint density at radius 1 is 1.07 bits per heavy atom. The second-order valence-corrected chi connectivity index (χ2v) is 9.00. The molecule has 3 rings (SSSR count). The zero-order valence-electron chi connectivity index (χ0n) is 16.1. The van der Waals surface area contributed by atoms with Crippen LogP contribution in [-0.2, 0) is 10.0 Å². The molecular weight excluding hydrogens is 374 g/mol. The molecule has 0 radical (unpaired) electrons. The summed E-state index contributed by atoms with van der Waals surface area (Å²) in [5.74, 6) is 0. The summed E-state index contributed by atoms with van der Waals surface area (Å²) in [6.07, 6.45) is 3.27. The molecule has 1 aliphatic rings. The van der Waals surface area contributed by atoms with Gasteiger partial charge in [0.05, 0.1) is 4.90 Å². The molecular formula is C21H27N3O3S. The van der Waals surface area contributed by atoms with Gasteiger partial charge in [0.15, 0.2) is 0 Å². The first kappa shape index (κ1) is 20.4. The van der Waals surface area contributed by atoms with E-state index in [2.05, 4.69) is 10.6 Å². The van der Waals surface area contributed by atoms with Crippen molar-refractivity contribution in [2.45, 2.75) is 43.5 Å². The van der Waals surface area contributed by atoms with Crippen molar-refractivity contribution in [3.8, 4) is 0 Å². The summed E-state index contributed by atoms with van der Waals surface area (Å²) in [4.78, 5) is 12.4. The third-order valence-corrected chi connectivity index (χ3v) is 6.96. The molecule has 0 bridgehead atoms. The third-order valence-electron chi connectivity index (χ3n) is 5.00. The van der Waals surface area contributed by atoms with Gasteiger partial charge in [-0.1, -0.05) is 42.3 Å². The molecule has 0 saturated carbocycles. The van der Waals surface area contributed by atoms with E-state index < -0.39 is 10.0 Å². The summed E-state index contributed by atoms with van der Waals surface area (Å²) in [5, 5.41) is 5.60. The van der Waals surface area contributed by atoms with E-state index in [0.29, 0.717) is 24.4 Å². The predicted molar refractivity (Wildman–Crippen MR) is 111 cm³/mol. The Hall–Kier alpha value is -2.38. The SMILES string of the molecule is Cc1ccc(S(=O)(=O)N2CCCCC2CCNC(=O)Nc2ccccc2)cc1. The lowest BCUT2D eigenvalue weighted by molar-refractivity contribution is 0.234. The fraction of sp³-hybridized carbons (Fsp3) is 0.381. The summed E-state index contributed by atoms with van der Waals surface area (Å²) < 4.78 is 27.8. The van der Waals surface area contributed by atoms with Crippen molar-refractivity contribution < 1.29 is 13.2 Å². The van der Waals surface area contributed by atoms with Crippen LogP contribution in [0.1, 0.15) is 31.2 Å². The number of sulfonamides is 1. The van der Waals surface area contributed by atoms with Gasteiger partial charge in [0.25, 0.3) is 0 Å². The Bertz CT molecular complexity index is 883. The molecule has 2 amide bonds. The number of urea groups is 1. The number of nitrogens with zero attached hydrogens (tertiary/aromatic N) is 1. The van der Waals surface area contributed by atoms with Crippen LogP contribution < -0.4 is 10.6 Å². The highest BCUT2D eigenvalue weighted by molar-refractivity contribution is 7.89. The quantitative estimate of drug-likeness (QED) is 0.774. The number of hydrogen-bond donors (Lipinski definition) is 2. The molecule has 2 aromatic rings. The number of carbonyl (C=O) groups excluding carboxylic acids is 1. The summed E-state index contributed by atoms with van der Waals surface area (Å²) in [5.41, 5.74) is 1.75. The van der Waals surface area contributed by atoms with E-state index in [1.807, 2.05) is 49.4 Å². The lowest BCUT2D eigenvalue weighted by Gasteiger charge is -2.34. The van der Waals surface area contributed by atoms with E-state index in [4.69, 9.17) is 0 Å². The van der Waals surface area contributed by atoms with Gasteiger partial charge < -0.3 is 10.6 Å². The second-order valence-electron chi connectivity index (χ2n) is 7.11. The summed E-state index contributed by atoms with van der Waals surface area (Å²) in [6.45, 7) is 2.88. The predicted octanol–water partition coefficient (Wildman–Crippen LogP) is 3.75. The monoisotopic (exact) mass is 401 g/mol. The molecule has 2 N–H and O–H groups in total. The Morgan fingerprint density at radius 3 is 2.50 bits per heavy atom. The molecule has 2 aromatic carbocycles. The van der Waals surface area contributed by atoms with E-state index in [0.717, 1.165) is 30.5 Å². The highest BCUT2D eigenvalue weighted by Crippen LogP contribution is 2.27. The summed E-state index contributed by atoms with van der Waals surface area (Å²) in [7, 11) is -3.52. The fourth-order valence-corrected chi connectivity index (χ4v) is 5.20. The Labute approximate surface area is 167 Å². The topological polar surface area (TPSA) is 78.5 Å². The van der Waals surface area contributed by atoms with Crippen molar-refractivity contribution in [3.05, 3.63) is 60.2 Å². The van der Waals surface area contributed by atoms with Gasteiger partial charge in [-0.2, -0.15) is 4.31 Å². The molecule has 150 valence electrons. The number of anilines is 1. The highest BCUT2D eigenvalue weighted by Gasteiger charge is 2.33. The minimum absolute atomic E-state index is 0.0999. The maximum Gasteiger partial charge on any atom is 0.319 e. The number of aryl methyl sites for hydroxylation is 1. The third kappa shape index (κ3) is 5.11. The first-order valence-corrected chi connectivity index (χ1v) is 11.1. The normalized spacial score (nSPS) is 17.8. The van der Waals surface area contributed by atoms with Gasteiger partial charge in [-0.25, -0.2) is 13.2 Å². The van der Waals surface area contributed by atoms with E-state index in [9.17, 15) is 13.2 Å². The van der Waals surface area contributed by atoms with Crippen LogP contribution in [0.25, 0.3) is 0 Å². The van der Waals surface area contributed by atoms with Gasteiger partial charge in [-0.3, -0.25) is 0 Å². The molecule has 0 spiro atoms. The largest absolute Gasteiger partial charge is 0.338 e. The lowest BCUT2D eigenvalue weighted by Crippen LogP contribution is -2.45. The molecule has 1 aliphatic heterocycles. The summed E-state index contributed by atoms with van der Waals surface area (Å²) >= 11 is 0. The molecule has 28 heavy (non-hydrogen) atoms. The number of hydrogen-bond acceptors (Lipinski definition) is 3. The maximum absolute atomic E-state index is 13.1. The minimum Gasteiger partial charge on any atom is -0.338 e. The number of piperidine rings is 1. The van der Waals surface area contributed by atoms with Crippen LogP contribution in [0.5, 0.6) is 0 Å². The highest BCUT2D eigenvalue weighted by atomic mass is 32.2. The lowest BCUT2D eigenvalue weighted by atomic mass is 10.0. The van der Waals surface area contributed by atoms with E-state index in [1.165, 1.54) is 0 Å². The Morgan fingerprint density at radius 2 is 1.79 bits per heavy atom. The Balaban J connectivity index is 1.59. The van der Waals surface area contributed by atoms with Crippen molar-refractivity contribution in [2.75, 3.05) is 18.4 Å². The average Bonchev–Trinajstić information content (AvgIpc) is 2.69.